The molecule has 1 aromatic rings. The number of aryl methyl sites for hydroxylation is 1. The second-order valence-corrected chi connectivity index (χ2v) is 8.93. The van der Waals surface area contributed by atoms with Crippen molar-refractivity contribution in [2.24, 2.45) is 11.8 Å². The monoisotopic (exact) mass is 442 g/mol. The fourth-order valence-electron chi connectivity index (χ4n) is 5.51. The molecule has 4 rings (SSSR count). The first kappa shape index (κ1) is 22.0. The van der Waals surface area contributed by atoms with E-state index in [0.717, 1.165) is 5.56 Å². The predicted molar refractivity (Wildman–Crippen MR) is 113 cm³/mol. The van der Waals surface area contributed by atoms with E-state index in [2.05, 4.69) is 5.32 Å². The molecule has 0 radical (unpaired) electrons. The molecule has 4 unspecified atom stereocenters. The molecular formula is C23H26N2O7. The summed E-state index contributed by atoms with van der Waals surface area (Å²) in [6.07, 6.45) is 0.421. The fraction of sp³-hybridized carbons (Fsp3) is 0.435. The molecule has 3 aliphatic rings. The molecule has 3 aliphatic carbocycles. The van der Waals surface area contributed by atoms with Crippen LogP contribution in [-0.4, -0.2) is 75.6 Å². The van der Waals surface area contributed by atoms with Crippen molar-refractivity contribution in [2.45, 2.75) is 31.4 Å². The van der Waals surface area contributed by atoms with E-state index in [1.54, 1.807) is 25.1 Å². The van der Waals surface area contributed by atoms with Crippen LogP contribution in [0.25, 0.3) is 0 Å². The summed E-state index contributed by atoms with van der Waals surface area (Å²) in [5, 5.41) is 46.2. The second kappa shape index (κ2) is 7.18. The standard InChI is InChI=1S/C23H26N2O7/c1-9-5-6-13(26)15-11(9)7-10-8-12-17(25(3)4)19(28)16(22(31)24-2)21(30)23(12,32)20(29)14(10)18(15)27/h5-6,10,12,17,26,28-29,32H,7-8H2,1-4H3,(H,24,31). The lowest BCUT2D eigenvalue weighted by Crippen LogP contribution is -2.63. The lowest BCUT2D eigenvalue weighted by atomic mass is 9.58. The molecule has 9 heteroatoms. The number of phenolic OH excluding ortho intramolecular Hbond substituents is 1. The summed E-state index contributed by atoms with van der Waals surface area (Å²) in [6.45, 7) is 1.82. The number of phenols is 1. The topological polar surface area (TPSA) is 147 Å². The number of Topliss-reactive ketones (excluding diaryl/α,β-unsaturated/α-hetero) is 2. The van der Waals surface area contributed by atoms with Crippen LogP contribution in [0.5, 0.6) is 5.75 Å². The number of carbonyl (C=O) groups excluding carboxylic acids is 3. The van der Waals surface area contributed by atoms with Crippen molar-refractivity contribution in [3.05, 3.63) is 51.5 Å². The Kier molecular flexibility index (Phi) is 4.94. The molecular weight excluding hydrogens is 416 g/mol. The zero-order valence-corrected chi connectivity index (χ0v) is 18.3. The molecule has 9 nitrogen and oxygen atoms in total. The van der Waals surface area contributed by atoms with Gasteiger partial charge in [0.1, 0.15) is 22.8 Å². The fourth-order valence-corrected chi connectivity index (χ4v) is 5.51. The second-order valence-electron chi connectivity index (χ2n) is 8.93. The summed E-state index contributed by atoms with van der Waals surface area (Å²) in [5.74, 6) is -5.80. The average molecular weight is 442 g/mol. The van der Waals surface area contributed by atoms with Gasteiger partial charge < -0.3 is 25.7 Å². The van der Waals surface area contributed by atoms with E-state index in [9.17, 15) is 34.8 Å². The van der Waals surface area contributed by atoms with Crippen LogP contribution in [0.2, 0.25) is 0 Å². The molecule has 1 amide bonds. The molecule has 0 saturated carbocycles. The molecule has 0 aromatic heterocycles. The van der Waals surface area contributed by atoms with Crippen LogP contribution in [0.3, 0.4) is 0 Å². The highest BCUT2D eigenvalue weighted by Gasteiger charge is 2.63. The van der Waals surface area contributed by atoms with Gasteiger partial charge in [-0.2, -0.15) is 0 Å². The summed E-state index contributed by atoms with van der Waals surface area (Å²) in [7, 11) is 4.52. The summed E-state index contributed by atoms with van der Waals surface area (Å²) >= 11 is 0. The number of allylic oxidation sites excluding steroid dienone is 1. The Balaban J connectivity index is 1.97. The van der Waals surface area contributed by atoms with Gasteiger partial charge in [-0.25, -0.2) is 0 Å². The highest BCUT2D eigenvalue weighted by Crippen LogP contribution is 2.52. The van der Waals surface area contributed by atoms with Crippen LogP contribution in [0.1, 0.15) is 27.9 Å². The molecule has 0 bridgehead atoms. The number of aliphatic hydroxyl groups excluding tert-OH is 2. The van der Waals surface area contributed by atoms with Gasteiger partial charge in [0.15, 0.2) is 11.4 Å². The number of benzene rings is 1. The molecule has 0 spiro atoms. The summed E-state index contributed by atoms with van der Waals surface area (Å²) in [4.78, 5) is 40.6. The molecule has 1 aromatic carbocycles. The van der Waals surface area contributed by atoms with Gasteiger partial charge in [0.2, 0.25) is 5.78 Å². The van der Waals surface area contributed by atoms with Crippen molar-refractivity contribution in [3.63, 3.8) is 0 Å². The van der Waals surface area contributed by atoms with Crippen molar-refractivity contribution in [1.82, 2.24) is 10.2 Å². The van der Waals surface area contributed by atoms with Crippen LogP contribution in [0, 0.1) is 18.8 Å². The van der Waals surface area contributed by atoms with Crippen LogP contribution in [0.15, 0.2) is 34.8 Å². The van der Waals surface area contributed by atoms with Crippen LogP contribution >= 0.6 is 0 Å². The molecule has 0 fully saturated rings. The highest BCUT2D eigenvalue weighted by molar-refractivity contribution is 6.25. The number of nitrogens with zero attached hydrogens (tertiary/aromatic N) is 1. The number of amides is 1. The number of nitrogens with one attached hydrogen (secondary N) is 1. The largest absolute Gasteiger partial charge is 0.510 e. The number of rotatable bonds is 2. The molecule has 0 saturated heterocycles. The van der Waals surface area contributed by atoms with Gasteiger partial charge in [-0.3, -0.25) is 19.3 Å². The molecule has 0 aliphatic heterocycles. The van der Waals surface area contributed by atoms with E-state index in [1.807, 2.05) is 6.92 Å². The third kappa shape index (κ3) is 2.67. The number of hydrogen-bond donors (Lipinski definition) is 5. The predicted octanol–water partition coefficient (Wildman–Crippen LogP) is 0.690. The van der Waals surface area contributed by atoms with E-state index in [-0.39, 0.29) is 23.3 Å². The number of carbonyl (C=O) groups is 3. The van der Waals surface area contributed by atoms with Gasteiger partial charge in [-0.1, -0.05) is 6.07 Å². The Bertz CT molecular complexity index is 1130. The summed E-state index contributed by atoms with van der Waals surface area (Å²) in [5.41, 5.74) is -1.86. The van der Waals surface area contributed by atoms with Crippen LogP contribution < -0.4 is 5.32 Å². The Hall–Kier alpha value is -3.17. The van der Waals surface area contributed by atoms with Crippen molar-refractivity contribution in [2.75, 3.05) is 21.1 Å². The van der Waals surface area contributed by atoms with E-state index < -0.39 is 58.0 Å². The maximum atomic E-state index is 13.4. The zero-order chi connectivity index (χ0) is 23.7. The van der Waals surface area contributed by atoms with E-state index in [4.69, 9.17) is 0 Å². The van der Waals surface area contributed by atoms with Crippen molar-refractivity contribution >= 4 is 17.5 Å². The average Bonchev–Trinajstić information content (AvgIpc) is 2.73. The number of hydrogen-bond acceptors (Lipinski definition) is 8. The number of aliphatic hydroxyl groups is 3. The Labute approximate surface area is 184 Å². The van der Waals surface area contributed by atoms with Crippen LogP contribution in [0.4, 0.5) is 0 Å². The van der Waals surface area contributed by atoms with Gasteiger partial charge in [0.05, 0.1) is 11.6 Å². The quantitative estimate of drug-likeness (QED) is 0.420. The lowest BCUT2D eigenvalue weighted by Gasteiger charge is -2.50. The Morgan fingerprint density at radius 1 is 1.19 bits per heavy atom. The van der Waals surface area contributed by atoms with Gasteiger partial charge in [0, 0.05) is 18.5 Å². The third-order valence-corrected chi connectivity index (χ3v) is 7.05. The highest BCUT2D eigenvalue weighted by atomic mass is 16.3. The van der Waals surface area contributed by atoms with Crippen molar-refractivity contribution in [1.29, 1.82) is 0 Å². The SMILES string of the molecule is CNC(=O)C1=C(O)C(N(C)C)C2CC3Cc4c(C)ccc(O)c4C(=O)C3=C(O)C2(O)C1=O. The Morgan fingerprint density at radius 2 is 1.84 bits per heavy atom. The first-order chi connectivity index (χ1) is 15.0. The van der Waals surface area contributed by atoms with Gasteiger partial charge in [-0.15, -0.1) is 0 Å². The number of aromatic hydroxyl groups is 1. The van der Waals surface area contributed by atoms with Gasteiger partial charge >= 0.3 is 0 Å². The minimum atomic E-state index is -2.57. The van der Waals surface area contributed by atoms with E-state index >= 15 is 0 Å². The van der Waals surface area contributed by atoms with Crippen molar-refractivity contribution < 1.29 is 34.8 Å². The molecule has 32 heavy (non-hydrogen) atoms. The minimum absolute atomic E-state index is 0.0437. The number of likely N-dealkylation sites (N-methyl/N-ethyl adjacent to an activating group) is 2. The minimum Gasteiger partial charge on any atom is -0.510 e. The molecule has 170 valence electrons. The normalized spacial score (nSPS) is 29.6. The first-order valence-electron chi connectivity index (χ1n) is 10.3. The first-order valence-corrected chi connectivity index (χ1v) is 10.3. The number of ketones is 2. The van der Waals surface area contributed by atoms with E-state index in [0.29, 0.717) is 12.0 Å². The maximum absolute atomic E-state index is 13.4. The maximum Gasteiger partial charge on any atom is 0.258 e. The third-order valence-electron chi connectivity index (χ3n) is 7.05. The smallest absolute Gasteiger partial charge is 0.258 e. The number of fused-ring (bicyclic) bond motifs is 3. The lowest BCUT2D eigenvalue weighted by molar-refractivity contribution is -0.148. The Morgan fingerprint density at radius 3 is 2.44 bits per heavy atom. The summed E-state index contributed by atoms with van der Waals surface area (Å²) < 4.78 is 0. The van der Waals surface area contributed by atoms with Crippen LogP contribution in [-0.2, 0) is 16.0 Å². The van der Waals surface area contributed by atoms with Crippen molar-refractivity contribution in [3.8, 4) is 5.75 Å². The molecule has 5 N–H and O–H groups in total. The van der Waals surface area contributed by atoms with E-state index in [1.165, 1.54) is 13.1 Å². The summed E-state index contributed by atoms with van der Waals surface area (Å²) in [6, 6.07) is 2.14. The molecule has 4 atom stereocenters. The molecule has 0 heterocycles. The van der Waals surface area contributed by atoms with Gasteiger partial charge in [0.25, 0.3) is 5.91 Å². The zero-order valence-electron chi connectivity index (χ0n) is 18.3. The van der Waals surface area contributed by atoms with Gasteiger partial charge in [-0.05, 0) is 57.0 Å².